The SMILES string of the molecule is CCCCCCCCn1cc(C(CCNCCCN)C(CC)CC)c2ccccc21. The molecule has 3 heteroatoms. The molecule has 0 amide bonds. The topological polar surface area (TPSA) is 43.0 Å². The van der Waals surface area contributed by atoms with Crippen molar-refractivity contribution in [2.45, 2.75) is 97.4 Å². The molecule has 0 fully saturated rings. The molecule has 0 spiro atoms. The molecule has 0 aliphatic rings. The number of para-hydroxylation sites is 1. The van der Waals surface area contributed by atoms with Crippen molar-refractivity contribution < 1.29 is 0 Å². The molecule has 1 unspecified atom stereocenters. The zero-order chi connectivity index (χ0) is 21.6. The van der Waals surface area contributed by atoms with Crippen molar-refractivity contribution in [3.05, 3.63) is 36.0 Å². The van der Waals surface area contributed by atoms with E-state index in [2.05, 4.69) is 61.1 Å². The number of unbranched alkanes of at least 4 members (excludes halogenated alkanes) is 5. The van der Waals surface area contributed by atoms with Crippen LogP contribution in [0.15, 0.2) is 30.5 Å². The molecule has 1 atom stereocenters. The molecule has 0 saturated heterocycles. The van der Waals surface area contributed by atoms with Gasteiger partial charge in [-0.3, -0.25) is 0 Å². The number of nitrogens with zero attached hydrogens (tertiary/aromatic N) is 1. The van der Waals surface area contributed by atoms with Gasteiger partial charge in [0.15, 0.2) is 0 Å². The number of rotatable bonds is 17. The summed E-state index contributed by atoms with van der Waals surface area (Å²) in [5.41, 5.74) is 8.65. The van der Waals surface area contributed by atoms with Crippen LogP contribution in [0.5, 0.6) is 0 Å². The normalized spacial score (nSPS) is 12.8. The third kappa shape index (κ3) is 7.42. The number of hydrogen-bond acceptors (Lipinski definition) is 2. The Hall–Kier alpha value is -1.32. The van der Waals surface area contributed by atoms with E-state index in [1.165, 1.54) is 68.7 Å². The summed E-state index contributed by atoms with van der Waals surface area (Å²) in [4.78, 5) is 0. The first-order chi connectivity index (χ1) is 14.8. The number of aryl methyl sites for hydroxylation is 1. The largest absolute Gasteiger partial charge is 0.347 e. The molecule has 1 aromatic heterocycles. The predicted octanol–water partition coefficient (Wildman–Crippen LogP) is 6.85. The van der Waals surface area contributed by atoms with Gasteiger partial charge >= 0.3 is 0 Å². The van der Waals surface area contributed by atoms with E-state index in [4.69, 9.17) is 5.73 Å². The van der Waals surface area contributed by atoms with Gasteiger partial charge in [-0.2, -0.15) is 0 Å². The molecule has 0 radical (unpaired) electrons. The van der Waals surface area contributed by atoms with E-state index in [0.717, 1.165) is 38.5 Å². The van der Waals surface area contributed by atoms with E-state index in [0.29, 0.717) is 5.92 Å². The molecule has 0 aliphatic carbocycles. The second-order valence-electron chi connectivity index (χ2n) is 8.93. The number of nitrogens with two attached hydrogens (primary N) is 1. The number of fused-ring (bicyclic) bond motifs is 1. The Kier molecular flexibility index (Phi) is 12.2. The molecular weight excluding hydrogens is 366 g/mol. The summed E-state index contributed by atoms with van der Waals surface area (Å²) in [6.07, 6.45) is 15.4. The second-order valence-corrected chi connectivity index (χ2v) is 8.93. The molecule has 0 saturated carbocycles. The first-order valence-corrected chi connectivity index (χ1v) is 12.7. The quantitative estimate of drug-likeness (QED) is 0.278. The Morgan fingerprint density at radius 1 is 0.900 bits per heavy atom. The van der Waals surface area contributed by atoms with Gasteiger partial charge in [-0.1, -0.05) is 83.9 Å². The van der Waals surface area contributed by atoms with Crippen molar-refractivity contribution in [3.8, 4) is 0 Å². The Morgan fingerprint density at radius 2 is 1.63 bits per heavy atom. The average molecular weight is 414 g/mol. The summed E-state index contributed by atoms with van der Waals surface area (Å²) in [6.45, 7) is 11.0. The summed E-state index contributed by atoms with van der Waals surface area (Å²) >= 11 is 0. The molecule has 1 heterocycles. The third-order valence-corrected chi connectivity index (χ3v) is 6.78. The fourth-order valence-corrected chi connectivity index (χ4v) is 4.93. The van der Waals surface area contributed by atoms with Crippen LogP contribution in [0, 0.1) is 5.92 Å². The molecule has 30 heavy (non-hydrogen) atoms. The van der Waals surface area contributed by atoms with Gasteiger partial charge in [0.05, 0.1) is 0 Å². The van der Waals surface area contributed by atoms with Crippen LogP contribution in [0.1, 0.15) is 96.5 Å². The molecule has 0 bridgehead atoms. The highest BCUT2D eigenvalue weighted by molar-refractivity contribution is 5.84. The third-order valence-electron chi connectivity index (χ3n) is 6.78. The van der Waals surface area contributed by atoms with Crippen LogP contribution >= 0.6 is 0 Å². The minimum absolute atomic E-state index is 0.626. The van der Waals surface area contributed by atoms with Crippen LogP contribution in [-0.4, -0.2) is 24.2 Å². The van der Waals surface area contributed by atoms with Crippen molar-refractivity contribution in [2.24, 2.45) is 11.7 Å². The molecule has 170 valence electrons. The van der Waals surface area contributed by atoms with E-state index in [1.807, 2.05) is 0 Å². The Bertz CT molecular complexity index is 686. The Morgan fingerprint density at radius 3 is 2.37 bits per heavy atom. The maximum Gasteiger partial charge on any atom is 0.0483 e. The number of nitrogens with one attached hydrogen (secondary N) is 1. The van der Waals surface area contributed by atoms with Gasteiger partial charge in [-0.15, -0.1) is 0 Å². The van der Waals surface area contributed by atoms with Crippen LogP contribution < -0.4 is 11.1 Å². The fourth-order valence-electron chi connectivity index (χ4n) is 4.93. The lowest BCUT2D eigenvalue weighted by molar-refractivity contribution is 0.373. The summed E-state index contributed by atoms with van der Waals surface area (Å²) < 4.78 is 2.54. The monoisotopic (exact) mass is 413 g/mol. The van der Waals surface area contributed by atoms with Gasteiger partial charge in [0.25, 0.3) is 0 Å². The van der Waals surface area contributed by atoms with E-state index >= 15 is 0 Å². The van der Waals surface area contributed by atoms with Gasteiger partial charge in [-0.25, -0.2) is 0 Å². The molecule has 1 aromatic carbocycles. The van der Waals surface area contributed by atoms with Crippen LogP contribution in [-0.2, 0) is 6.54 Å². The minimum atomic E-state index is 0.626. The van der Waals surface area contributed by atoms with Crippen molar-refractivity contribution >= 4 is 10.9 Å². The molecule has 3 nitrogen and oxygen atoms in total. The molecular formula is C27H47N3. The number of benzene rings is 1. The maximum absolute atomic E-state index is 5.65. The zero-order valence-electron chi connectivity index (χ0n) is 20.0. The lowest BCUT2D eigenvalue weighted by Gasteiger charge is -2.25. The smallest absolute Gasteiger partial charge is 0.0483 e. The van der Waals surface area contributed by atoms with Crippen molar-refractivity contribution in [1.29, 1.82) is 0 Å². The standard InChI is InChI=1S/C27H47N3/c1-4-7-8-9-10-13-21-30-22-26(25-15-11-12-16-27(25)30)24(23(5-2)6-3)17-20-29-19-14-18-28/h11-12,15-16,22-24,29H,4-10,13-14,17-21,28H2,1-3H3. The molecule has 2 aromatic rings. The number of hydrogen-bond donors (Lipinski definition) is 2. The first kappa shape index (κ1) is 24.9. The molecule has 2 rings (SSSR count). The maximum atomic E-state index is 5.65. The lowest BCUT2D eigenvalue weighted by atomic mass is 9.80. The molecule has 3 N–H and O–H groups in total. The van der Waals surface area contributed by atoms with E-state index in [9.17, 15) is 0 Å². The Balaban J connectivity index is 2.14. The van der Waals surface area contributed by atoms with Crippen LogP contribution in [0.2, 0.25) is 0 Å². The molecule has 0 aliphatic heterocycles. The highest BCUT2D eigenvalue weighted by Crippen LogP contribution is 2.37. The van der Waals surface area contributed by atoms with E-state index < -0.39 is 0 Å². The van der Waals surface area contributed by atoms with E-state index in [-0.39, 0.29) is 0 Å². The highest BCUT2D eigenvalue weighted by atomic mass is 15.0. The van der Waals surface area contributed by atoms with Gasteiger partial charge < -0.3 is 15.6 Å². The van der Waals surface area contributed by atoms with Gasteiger partial charge in [0.1, 0.15) is 0 Å². The Labute approximate surface area is 185 Å². The van der Waals surface area contributed by atoms with E-state index in [1.54, 1.807) is 5.56 Å². The fraction of sp³-hybridized carbons (Fsp3) is 0.704. The first-order valence-electron chi connectivity index (χ1n) is 12.7. The van der Waals surface area contributed by atoms with Gasteiger partial charge in [-0.05, 0) is 62.4 Å². The van der Waals surface area contributed by atoms with Gasteiger partial charge in [0.2, 0.25) is 0 Å². The van der Waals surface area contributed by atoms with Crippen molar-refractivity contribution in [2.75, 3.05) is 19.6 Å². The summed E-state index contributed by atoms with van der Waals surface area (Å²) in [7, 11) is 0. The van der Waals surface area contributed by atoms with Crippen LogP contribution in [0.4, 0.5) is 0 Å². The summed E-state index contributed by atoms with van der Waals surface area (Å²) in [5, 5.41) is 5.09. The minimum Gasteiger partial charge on any atom is -0.347 e. The lowest BCUT2D eigenvalue weighted by Crippen LogP contribution is -2.23. The van der Waals surface area contributed by atoms with Gasteiger partial charge in [0, 0.05) is 23.6 Å². The average Bonchev–Trinajstić information content (AvgIpc) is 3.14. The van der Waals surface area contributed by atoms with Crippen LogP contribution in [0.25, 0.3) is 10.9 Å². The second kappa shape index (κ2) is 14.6. The number of aromatic nitrogens is 1. The summed E-state index contributed by atoms with van der Waals surface area (Å²) in [6, 6.07) is 9.08. The zero-order valence-corrected chi connectivity index (χ0v) is 20.0. The van der Waals surface area contributed by atoms with Crippen LogP contribution in [0.3, 0.4) is 0 Å². The summed E-state index contributed by atoms with van der Waals surface area (Å²) in [5.74, 6) is 1.37. The predicted molar refractivity (Wildman–Crippen MR) is 133 cm³/mol. The highest BCUT2D eigenvalue weighted by Gasteiger charge is 2.24. The van der Waals surface area contributed by atoms with Crippen molar-refractivity contribution in [1.82, 2.24) is 9.88 Å². The van der Waals surface area contributed by atoms with Crippen molar-refractivity contribution in [3.63, 3.8) is 0 Å².